The van der Waals surface area contributed by atoms with Crippen molar-refractivity contribution in [2.75, 3.05) is 0 Å². The zero-order valence-corrected chi connectivity index (χ0v) is 31.1. The van der Waals surface area contributed by atoms with Crippen molar-refractivity contribution < 1.29 is 28.7 Å². The Balaban J connectivity index is 1.13. The minimum absolute atomic E-state index is 0.0273. The van der Waals surface area contributed by atoms with Crippen molar-refractivity contribution in [1.29, 1.82) is 0 Å². The molecule has 1 spiro atoms. The summed E-state index contributed by atoms with van der Waals surface area (Å²) in [5.74, 6) is 4.24. The first-order valence-electron chi connectivity index (χ1n) is 20.5. The number of esters is 1. The third kappa shape index (κ3) is 4.17. The number of carbonyl (C=O) groups is 5. The van der Waals surface area contributed by atoms with Gasteiger partial charge in [0.15, 0.2) is 17.2 Å². The highest BCUT2D eigenvalue weighted by atomic mass is 16.6. The molecule has 0 aromatic rings. The first-order chi connectivity index (χ1) is 23.8. The van der Waals surface area contributed by atoms with E-state index in [1.807, 2.05) is 13.0 Å². The molecule has 0 aliphatic heterocycles. The van der Waals surface area contributed by atoms with Crippen LogP contribution in [-0.4, -0.2) is 34.7 Å². The number of ketones is 4. The maximum Gasteiger partial charge on any atom is 0.303 e. The average Bonchev–Trinajstić information content (AvgIpc) is 3.58. The lowest BCUT2D eigenvalue weighted by molar-refractivity contribution is -0.187. The summed E-state index contributed by atoms with van der Waals surface area (Å²) in [5, 5.41) is 0. The second-order valence-electron chi connectivity index (χ2n) is 19.5. The van der Waals surface area contributed by atoms with E-state index in [4.69, 9.17) is 4.74 Å². The minimum atomic E-state index is -1.08. The number of allylic oxidation sites excluding steroid dienone is 3. The van der Waals surface area contributed by atoms with Crippen LogP contribution in [0.3, 0.4) is 0 Å². The molecule has 0 heterocycles. The van der Waals surface area contributed by atoms with E-state index in [0.29, 0.717) is 72.3 Å². The number of ether oxygens (including phenoxy) is 1. The smallest absolute Gasteiger partial charge is 0.303 e. The molecule has 9 aliphatic carbocycles. The summed E-state index contributed by atoms with van der Waals surface area (Å²) in [6, 6.07) is 0. The van der Waals surface area contributed by atoms with Gasteiger partial charge in [-0.2, -0.15) is 0 Å². The van der Waals surface area contributed by atoms with Gasteiger partial charge in [0.05, 0.1) is 0 Å². The molecular weight excluding hydrogens is 624 g/mol. The van der Waals surface area contributed by atoms with Crippen LogP contribution in [0.2, 0.25) is 0 Å². The van der Waals surface area contributed by atoms with Crippen molar-refractivity contribution in [3.63, 3.8) is 0 Å². The van der Waals surface area contributed by atoms with Crippen LogP contribution in [0, 0.1) is 75.4 Å². The van der Waals surface area contributed by atoms with E-state index in [9.17, 15) is 24.0 Å². The fourth-order valence-corrected chi connectivity index (χ4v) is 16.5. The Bertz CT molecular complexity index is 1650. The van der Waals surface area contributed by atoms with Gasteiger partial charge < -0.3 is 4.74 Å². The van der Waals surface area contributed by atoms with Gasteiger partial charge in [0.25, 0.3) is 0 Å². The molecule has 9 aliphatic rings. The van der Waals surface area contributed by atoms with E-state index in [1.54, 1.807) is 12.5 Å². The van der Waals surface area contributed by atoms with Crippen molar-refractivity contribution in [2.24, 2.45) is 75.4 Å². The molecule has 0 radical (unpaired) electrons. The predicted molar refractivity (Wildman–Crippen MR) is 188 cm³/mol. The van der Waals surface area contributed by atoms with Crippen molar-refractivity contribution in [3.05, 3.63) is 22.8 Å². The van der Waals surface area contributed by atoms with Gasteiger partial charge in [-0.3, -0.25) is 24.0 Å². The standard InChI is InChI=1S/C44H58O6/c1-23(45)34-9-10-35-32-20-26-12-18-43(40-38(49)11-8-31(39(26)40)29(32)13-16-41(34,35)4)22-33-28(30-7-6-27(48)21-37(30)43)14-17-42(5)36(33)15-19-44(42,24(2)46)50-25(3)47/h21,28-36,40H,6-20,22H2,1-5H3/t28-,29-,30-,31-,32-,33-,34?,35+,36+,40-,41-,42+,43-,44+/m1/s1. The molecule has 0 N–H and O–H groups in total. The Morgan fingerprint density at radius 1 is 0.740 bits per heavy atom. The van der Waals surface area contributed by atoms with Gasteiger partial charge in [-0.25, -0.2) is 0 Å². The molecule has 0 saturated heterocycles. The molecule has 9 rings (SSSR count). The van der Waals surface area contributed by atoms with Crippen molar-refractivity contribution in [1.82, 2.24) is 0 Å². The van der Waals surface area contributed by atoms with E-state index in [2.05, 4.69) is 13.8 Å². The summed E-state index contributed by atoms with van der Waals surface area (Å²) in [4.78, 5) is 66.8. The minimum Gasteiger partial charge on any atom is -0.451 e. The van der Waals surface area contributed by atoms with E-state index >= 15 is 0 Å². The average molecular weight is 683 g/mol. The summed E-state index contributed by atoms with van der Waals surface area (Å²) in [7, 11) is 0. The lowest BCUT2D eigenvalue weighted by atomic mass is 9.39. The molecule has 6 saturated carbocycles. The third-order valence-corrected chi connectivity index (χ3v) is 18.2. The molecule has 0 aromatic heterocycles. The van der Waals surface area contributed by atoms with Crippen molar-refractivity contribution in [2.45, 2.75) is 143 Å². The molecule has 6 nitrogen and oxygen atoms in total. The Labute approximate surface area is 298 Å². The SMILES string of the molecule is CC(=O)O[C@]1(C(C)=O)CC[C@H]2[C@@H]3C[C@]4(CCC5=C6[C@H]4C(=O)CC[C@@H]6[C@H]4CC[C@]6(C)C(C(C)=O)CC[C@H]6[C@@H]4C5)C4=CC(=O)CC[C@@H]4[C@H]3CC[C@@]21C. The number of fused-ring (bicyclic) bond motifs is 11. The molecule has 0 aromatic carbocycles. The highest BCUT2D eigenvalue weighted by molar-refractivity contribution is 5.93. The van der Waals surface area contributed by atoms with E-state index < -0.39 is 11.0 Å². The largest absolute Gasteiger partial charge is 0.451 e. The molecule has 6 fully saturated rings. The Kier molecular flexibility index (Phi) is 7.41. The number of carbonyl (C=O) groups excluding carboxylic acids is 5. The number of hydrogen-bond donors (Lipinski definition) is 0. The normalized spacial score (nSPS) is 50.3. The molecular formula is C44H58O6. The highest BCUT2D eigenvalue weighted by Crippen LogP contribution is 2.74. The fraction of sp³-hybridized carbons (Fsp3) is 0.795. The number of rotatable bonds is 3. The van der Waals surface area contributed by atoms with Crippen LogP contribution in [0.25, 0.3) is 0 Å². The Morgan fingerprint density at radius 3 is 2.22 bits per heavy atom. The summed E-state index contributed by atoms with van der Waals surface area (Å²) < 4.78 is 6.11. The quantitative estimate of drug-likeness (QED) is 0.219. The van der Waals surface area contributed by atoms with E-state index in [-0.39, 0.29) is 46.1 Å². The lowest BCUT2D eigenvalue weighted by Crippen LogP contribution is -2.61. The maximum absolute atomic E-state index is 14.7. The molecule has 14 atom stereocenters. The maximum atomic E-state index is 14.7. The first-order valence-corrected chi connectivity index (χ1v) is 20.5. The van der Waals surface area contributed by atoms with Gasteiger partial charge >= 0.3 is 5.97 Å². The van der Waals surface area contributed by atoms with Crippen LogP contribution >= 0.6 is 0 Å². The van der Waals surface area contributed by atoms with Crippen LogP contribution in [0.15, 0.2) is 22.8 Å². The monoisotopic (exact) mass is 682 g/mol. The predicted octanol–water partition coefficient (Wildman–Crippen LogP) is 8.35. The van der Waals surface area contributed by atoms with Crippen LogP contribution in [0.5, 0.6) is 0 Å². The fourth-order valence-electron chi connectivity index (χ4n) is 16.5. The zero-order valence-electron chi connectivity index (χ0n) is 31.1. The highest BCUT2D eigenvalue weighted by Gasteiger charge is 2.70. The van der Waals surface area contributed by atoms with Crippen LogP contribution in [0.1, 0.15) is 137 Å². The van der Waals surface area contributed by atoms with Gasteiger partial charge in [-0.05, 0) is 163 Å². The van der Waals surface area contributed by atoms with Crippen molar-refractivity contribution >= 4 is 29.1 Å². The first kappa shape index (κ1) is 33.5. The van der Waals surface area contributed by atoms with Crippen LogP contribution < -0.4 is 0 Å². The molecule has 0 amide bonds. The van der Waals surface area contributed by atoms with E-state index in [0.717, 1.165) is 77.0 Å². The summed E-state index contributed by atoms with van der Waals surface area (Å²) in [6.45, 7) is 9.52. The Hall–Kier alpha value is -2.37. The summed E-state index contributed by atoms with van der Waals surface area (Å²) in [5.41, 5.74) is 2.65. The number of Topliss-reactive ketones (excluding diaryl/α,β-unsaturated/α-hetero) is 3. The van der Waals surface area contributed by atoms with Gasteiger partial charge in [0.1, 0.15) is 11.6 Å². The van der Waals surface area contributed by atoms with Gasteiger partial charge in [0, 0.05) is 42.4 Å². The van der Waals surface area contributed by atoms with Gasteiger partial charge in [0.2, 0.25) is 0 Å². The molecule has 1 unspecified atom stereocenters. The lowest BCUT2D eigenvalue weighted by Gasteiger charge is -2.64. The van der Waals surface area contributed by atoms with Crippen molar-refractivity contribution in [3.8, 4) is 0 Å². The second-order valence-corrected chi connectivity index (χ2v) is 19.5. The second kappa shape index (κ2) is 11.1. The molecule has 270 valence electrons. The van der Waals surface area contributed by atoms with Crippen LogP contribution in [0.4, 0.5) is 0 Å². The topological polar surface area (TPSA) is 94.6 Å². The number of hydrogen-bond acceptors (Lipinski definition) is 6. The van der Waals surface area contributed by atoms with E-state index in [1.165, 1.54) is 24.5 Å². The Morgan fingerprint density at radius 2 is 1.48 bits per heavy atom. The molecule has 50 heavy (non-hydrogen) atoms. The third-order valence-electron chi connectivity index (χ3n) is 18.2. The summed E-state index contributed by atoms with van der Waals surface area (Å²) in [6.07, 6.45) is 16.8. The zero-order chi connectivity index (χ0) is 35.1. The van der Waals surface area contributed by atoms with Gasteiger partial charge in [-0.15, -0.1) is 0 Å². The molecule has 6 heteroatoms. The summed E-state index contributed by atoms with van der Waals surface area (Å²) >= 11 is 0. The molecule has 0 bridgehead atoms. The van der Waals surface area contributed by atoms with Gasteiger partial charge in [-0.1, -0.05) is 30.6 Å². The van der Waals surface area contributed by atoms with Crippen LogP contribution in [-0.2, 0) is 28.7 Å².